The molecule has 4 heteroatoms. The van der Waals surface area contributed by atoms with Gasteiger partial charge >= 0.3 is 0 Å². The molecule has 2 nitrogen and oxygen atoms in total. The van der Waals surface area contributed by atoms with Crippen molar-refractivity contribution in [1.29, 1.82) is 0 Å². The SMILES string of the molecule is O=C(CCl)N(Cc1ccccc1F)C1CCC1. The summed E-state index contributed by atoms with van der Waals surface area (Å²) in [5.74, 6) is -0.413. The molecule has 0 aromatic heterocycles. The van der Waals surface area contributed by atoms with Gasteiger partial charge in [-0.15, -0.1) is 11.6 Å². The molecule has 17 heavy (non-hydrogen) atoms. The molecule has 0 atom stereocenters. The number of alkyl halides is 1. The lowest BCUT2D eigenvalue weighted by Crippen LogP contribution is -2.44. The highest BCUT2D eigenvalue weighted by molar-refractivity contribution is 6.27. The van der Waals surface area contributed by atoms with Gasteiger partial charge in [0.25, 0.3) is 0 Å². The Balaban J connectivity index is 2.12. The maximum atomic E-state index is 13.5. The Kier molecular flexibility index (Phi) is 4.00. The van der Waals surface area contributed by atoms with Gasteiger partial charge in [-0.05, 0) is 25.3 Å². The normalized spacial score (nSPS) is 15.4. The first kappa shape index (κ1) is 12.4. The third-order valence-electron chi connectivity index (χ3n) is 3.25. The van der Waals surface area contributed by atoms with E-state index in [1.54, 1.807) is 23.1 Å². The minimum absolute atomic E-state index is 0.0368. The summed E-state index contributed by atoms with van der Waals surface area (Å²) >= 11 is 5.59. The van der Waals surface area contributed by atoms with Gasteiger partial charge in [0.2, 0.25) is 5.91 Å². The Labute approximate surface area is 105 Å². The highest BCUT2D eigenvalue weighted by Gasteiger charge is 2.28. The van der Waals surface area contributed by atoms with Gasteiger partial charge in [-0.1, -0.05) is 18.2 Å². The number of amides is 1. The second kappa shape index (κ2) is 5.50. The average molecular weight is 256 g/mol. The Bertz CT molecular complexity index is 406. The summed E-state index contributed by atoms with van der Waals surface area (Å²) in [6.07, 6.45) is 3.13. The topological polar surface area (TPSA) is 20.3 Å². The lowest BCUT2D eigenvalue weighted by Gasteiger charge is -2.37. The van der Waals surface area contributed by atoms with Gasteiger partial charge in [0.1, 0.15) is 11.7 Å². The number of halogens is 2. The van der Waals surface area contributed by atoms with Crippen LogP contribution in [0.3, 0.4) is 0 Å². The average Bonchev–Trinajstić information content (AvgIpc) is 2.27. The number of carbonyl (C=O) groups is 1. The molecule has 1 aromatic rings. The molecule has 0 radical (unpaired) electrons. The fraction of sp³-hybridized carbons (Fsp3) is 0.462. The summed E-state index contributed by atoms with van der Waals surface area (Å²) in [7, 11) is 0. The van der Waals surface area contributed by atoms with Crippen LogP contribution in [0.2, 0.25) is 0 Å². The summed E-state index contributed by atoms with van der Waals surface area (Å²) in [6, 6.07) is 6.79. The van der Waals surface area contributed by atoms with E-state index < -0.39 is 0 Å². The largest absolute Gasteiger partial charge is 0.334 e. The molecular formula is C13H15ClFNO. The van der Waals surface area contributed by atoms with Crippen molar-refractivity contribution in [2.45, 2.75) is 31.8 Å². The fourth-order valence-electron chi connectivity index (χ4n) is 2.01. The van der Waals surface area contributed by atoms with Crippen molar-refractivity contribution in [3.05, 3.63) is 35.6 Å². The lowest BCUT2D eigenvalue weighted by atomic mass is 9.91. The Morgan fingerprint density at radius 2 is 2.12 bits per heavy atom. The summed E-state index contributed by atoms with van der Waals surface area (Å²) in [6.45, 7) is 0.322. The molecule has 0 spiro atoms. The minimum Gasteiger partial charge on any atom is -0.334 e. The van der Waals surface area contributed by atoms with Crippen molar-refractivity contribution in [3.8, 4) is 0 Å². The maximum absolute atomic E-state index is 13.5. The van der Waals surface area contributed by atoms with E-state index in [9.17, 15) is 9.18 Å². The molecule has 2 rings (SSSR count). The predicted molar refractivity (Wildman–Crippen MR) is 65.3 cm³/mol. The molecular weight excluding hydrogens is 241 g/mol. The number of hydrogen-bond acceptors (Lipinski definition) is 1. The van der Waals surface area contributed by atoms with E-state index in [0.717, 1.165) is 19.3 Å². The summed E-state index contributed by atoms with van der Waals surface area (Å²) in [4.78, 5) is 13.4. The third-order valence-corrected chi connectivity index (χ3v) is 3.48. The molecule has 0 N–H and O–H groups in total. The van der Waals surface area contributed by atoms with Crippen molar-refractivity contribution in [3.63, 3.8) is 0 Å². The molecule has 1 aromatic carbocycles. The highest BCUT2D eigenvalue weighted by atomic mass is 35.5. The molecule has 1 saturated carbocycles. The second-order valence-electron chi connectivity index (χ2n) is 4.33. The van der Waals surface area contributed by atoms with E-state index >= 15 is 0 Å². The fourth-order valence-corrected chi connectivity index (χ4v) is 2.16. The molecule has 1 amide bonds. The molecule has 0 saturated heterocycles. The van der Waals surface area contributed by atoms with E-state index in [2.05, 4.69) is 0 Å². The van der Waals surface area contributed by atoms with Gasteiger partial charge in [-0.25, -0.2) is 4.39 Å². The van der Waals surface area contributed by atoms with Crippen LogP contribution in [-0.2, 0) is 11.3 Å². The first-order chi connectivity index (χ1) is 8.22. The molecule has 0 heterocycles. The summed E-state index contributed by atoms with van der Waals surface area (Å²) in [5.41, 5.74) is 0.554. The molecule has 1 fully saturated rings. The number of benzene rings is 1. The zero-order valence-electron chi connectivity index (χ0n) is 9.53. The summed E-state index contributed by atoms with van der Waals surface area (Å²) < 4.78 is 13.5. The van der Waals surface area contributed by atoms with Gasteiger partial charge in [0.05, 0.1) is 0 Å². The number of nitrogens with zero attached hydrogens (tertiary/aromatic N) is 1. The zero-order chi connectivity index (χ0) is 12.3. The molecule has 0 aliphatic heterocycles. The third kappa shape index (κ3) is 2.78. The van der Waals surface area contributed by atoms with E-state index in [1.165, 1.54) is 6.07 Å². The van der Waals surface area contributed by atoms with E-state index in [-0.39, 0.29) is 23.6 Å². The molecule has 1 aliphatic carbocycles. The molecule has 1 aliphatic rings. The van der Waals surface area contributed by atoms with Crippen LogP contribution in [0.25, 0.3) is 0 Å². The van der Waals surface area contributed by atoms with Crippen molar-refractivity contribution in [2.24, 2.45) is 0 Å². The van der Waals surface area contributed by atoms with Gasteiger partial charge in [-0.2, -0.15) is 0 Å². The standard InChI is InChI=1S/C13H15ClFNO/c14-8-13(17)16(11-5-3-6-11)9-10-4-1-2-7-12(10)15/h1-2,4,7,11H,3,5-6,8-9H2. The number of carbonyl (C=O) groups excluding carboxylic acids is 1. The predicted octanol–water partition coefficient (Wildman–Crippen LogP) is 2.95. The quantitative estimate of drug-likeness (QED) is 0.758. The van der Waals surface area contributed by atoms with E-state index in [4.69, 9.17) is 11.6 Å². The smallest absolute Gasteiger partial charge is 0.238 e. The number of hydrogen-bond donors (Lipinski definition) is 0. The van der Waals surface area contributed by atoms with Gasteiger partial charge in [-0.3, -0.25) is 4.79 Å². The first-order valence-corrected chi connectivity index (χ1v) is 6.34. The van der Waals surface area contributed by atoms with Crippen LogP contribution in [0.1, 0.15) is 24.8 Å². The zero-order valence-corrected chi connectivity index (χ0v) is 10.3. The highest BCUT2D eigenvalue weighted by Crippen LogP contribution is 2.27. The van der Waals surface area contributed by atoms with Crippen molar-refractivity contribution < 1.29 is 9.18 Å². The van der Waals surface area contributed by atoms with E-state index in [1.807, 2.05) is 0 Å². The Morgan fingerprint density at radius 3 is 2.65 bits per heavy atom. The van der Waals surface area contributed by atoms with Crippen LogP contribution in [-0.4, -0.2) is 22.7 Å². The maximum Gasteiger partial charge on any atom is 0.238 e. The molecule has 0 bridgehead atoms. The van der Waals surface area contributed by atoms with Crippen LogP contribution in [0.4, 0.5) is 4.39 Å². The van der Waals surface area contributed by atoms with Gasteiger partial charge < -0.3 is 4.90 Å². The van der Waals surface area contributed by atoms with Crippen LogP contribution in [0.5, 0.6) is 0 Å². The van der Waals surface area contributed by atoms with E-state index in [0.29, 0.717) is 12.1 Å². The van der Waals surface area contributed by atoms with Crippen molar-refractivity contribution in [1.82, 2.24) is 4.90 Å². The Hall–Kier alpha value is -1.09. The minimum atomic E-state index is -0.265. The molecule has 0 unspecified atom stereocenters. The first-order valence-electron chi connectivity index (χ1n) is 5.81. The van der Waals surface area contributed by atoms with Gasteiger partial charge in [0, 0.05) is 18.2 Å². The number of rotatable bonds is 4. The second-order valence-corrected chi connectivity index (χ2v) is 4.60. The monoisotopic (exact) mass is 255 g/mol. The van der Waals surface area contributed by atoms with Crippen LogP contribution in [0.15, 0.2) is 24.3 Å². The Morgan fingerprint density at radius 1 is 1.41 bits per heavy atom. The van der Waals surface area contributed by atoms with Crippen molar-refractivity contribution >= 4 is 17.5 Å². The lowest BCUT2D eigenvalue weighted by molar-refractivity contribution is -0.133. The van der Waals surface area contributed by atoms with Gasteiger partial charge in [0.15, 0.2) is 0 Å². The molecule has 92 valence electrons. The van der Waals surface area contributed by atoms with Crippen LogP contribution in [0, 0.1) is 5.82 Å². The summed E-state index contributed by atoms with van der Waals surface area (Å²) in [5, 5.41) is 0. The van der Waals surface area contributed by atoms with Crippen molar-refractivity contribution in [2.75, 3.05) is 5.88 Å². The van der Waals surface area contributed by atoms with Crippen LogP contribution >= 0.6 is 11.6 Å². The van der Waals surface area contributed by atoms with Crippen LogP contribution < -0.4 is 0 Å².